The molecule has 0 aliphatic carbocycles. The van der Waals surface area contributed by atoms with Gasteiger partial charge in [-0.05, 0) is 18.1 Å². The summed E-state index contributed by atoms with van der Waals surface area (Å²) in [6, 6.07) is 5.90. The van der Waals surface area contributed by atoms with Crippen LogP contribution < -0.4 is 14.5 Å². The number of benzene rings is 1. The lowest BCUT2D eigenvalue weighted by molar-refractivity contribution is -1.00. The van der Waals surface area contributed by atoms with Gasteiger partial charge in [0.25, 0.3) is 0 Å². The quantitative estimate of drug-likeness (QED) is 0.700. The van der Waals surface area contributed by atoms with Gasteiger partial charge >= 0.3 is 0 Å². The van der Waals surface area contributed by atoms with E-state index >= 15 is 0 Å². The Kier molecular flexibility index (Phi) is 5.89. The third kappa shape index (κ3) is 4.23. The Balaban J connectivity index is 1.86. The van der Waals surface area contributed by atoms with Crippen molar-refractivity contribution in [1.29, 1.82) is 0 Å². The van der Waals surface area contributed by atoms with E-state index in [0.717, 1.165) is 30.9 Å². The van der Waals surface area contributed by atoms with E-state index in [1.54, 1.807) is 9.80 Å². The Morgan fingerprint density at radius 3 is 2.75 bits per heavy atom. The van der Waals surface area contributed by atoms with E-state index in [-0.39, 0.29) is 0 Å². The molecule has 20 heavy (non-hydrogen) atoms. The summed E-state index contributed by atoms with van der Waals surface area (Å²) in [5.74, 6) is 0.827. The molecule has 0 spiro atoms. The number of halogens is 1. The number of hydrogen-bond acceptors (Lipinski definition) is 1. The first kappa shape index (κ1) is 15.4. The highest BCUT2D eigenvalue weighted by Crippen LogP contribution is 2.28. The van der Waals surface area contributed by atoms with E-state index in [0.29, 0.717) is 5.02 Å². The molecule has 0 bridgehead atoms. The summed E-state index contributed by atoms with van der Waals surface area (Å²) in [6.45, 7) is 10.5. The summed E-state index contributed by atoms with van der Waals surface area (Å²) in [5, 5.41) is 0.696. The molecule has 1 aromatic rings. The normalized spacial score (nSPS) is 22.5. The molecule has 110 valence electrons. The van der Waals surface area contributed by atoms with E-state index in [9.17, 15) is 0 Å². The van der Waals surface area contributed by atoms with Crippen LogP contribution in [0.15, 0.2) is 30.9 Å². The van der Waals surface area contributed by atoms with Crippen LogP contribution in [0.2, 0.25) is 5.02 Å². The maximum absolute atomic E-state index is 6.24. The number of allylic oxidation sites excluding steroid dienone is 1. The topological polar surface area (TPSA) is 18.1 Å². The summed E-state index contributed by atoms with van der Waals surface area (Å²) in [6.07, 6.45) is 2.67. The fourth-order valence-electron chi connectivity index (χ4n) is 2.61. The van der Waals surface area contributed by atoms with Crippen LogP contribution in [0, 0.1) is 0 Å². The summed E-state index contributed by atoms with van der Waals surface area (Å²) >= 11 is 6.24. The molecule has 0 atom stereocenters. The van der Waals surface area contributed by atoms with Crippen molar-refractivity contribution in [2.24, 2.45) is 0 Å². The Morgan fingerprint density at radius 2 is 2.05 bits per heavy atom. The van der Waals surface area contributed by atoms with E-state index in [1.807, 2.05) is 18.2 Å². The number of ether oxygens (including phenoxy) is 1. The molecule has 1 aliphatic rings. The van der Waals surface area contributed by atoms with Gasteiger partial charge in [0.15, 0.2) is 0 Å². The van der Waals surface area contributed by atoms with Gasteiger partial charge in [-0.3, -0.25) is 0 Å². The molecule has 1 aliphatic heterocycles. The highest BCUT2D eigenvalue weighted by molar-refractivity contribution is 6.32. The Bertz CT molecular complexity index is 442. The molecule has 0 unspecified atom stereocenters. The molecular formula is C16H25ClN2O+2. The van der Waals surface area contributed by atoms with E-state index in [4.69, 9.17) is 16.3 Å². The smallest absolute Gasteiger partial charge is 0.141 e. The fourth-order valence-corrected chi connectivity index (χ4v) is 2.86. The highest BCUT2D eigenvalue weighted by atomic mass is 35.5. The zero-order valence-corrected chi connectivity index (χ0v) is 13.0. The van der Waals surface area contributed by atoms with Gasteiger partial charge in [0.1, 0.15) is 45.1 Å². The lowest BCUT2D eigenvalue weighted by Gasteiger charge is -2.27. The van der Waals surface area contributed by atoms with E-state index < -0.39 is 0 Å². The van der Waals surface area contributed by atoms with Crippen LogP contribution >= 0.6 is 11.6 Å². The molecule has 0 radical (unpaired) electrons. The second-order valence-corrected chi connectivity index (χ2v) is 5.93. The van der Waals surface area contributed by atoms with Crippen molar-refractivity contribution >= 4 is 11.6 Å². The van der Waals surface area contributed by atoms with Crippen LogP contribution in [-0.2, 0) is 6.42 Å². The van der Waals surface area contributed by atoms with Gasteiger partial charge in [0.2, 0.25) is 0 Å². The van der Waals surface area contributed by atoms with Crippen LogP contribution in [0.5, 0.6) is 5.75 Å². The second-order valence-electron chi connectivity index (χ2n) is 5.53. The molecule has 1 aromatic carbocycles. The summed E-state index contributed by atoms with van der Waals surface area (Å²) < 4.78 is 5.94. The predicted molar refractivity (Wildman–Crippen MR) is 83.0 cm³/mol. The molecule has 3 nitrogen and oxygen atoms in total. The molecule has 0 saturated carbocycles. The third-order valence-corrected chi connectivity index (χ3v) is 4.22. The Morgan fingerprint density at radius 1 is 1.30 bits per heavy atom. The molecule has 1 fully saturated rings. The number of rotatable bonds is 6. The first-order valence-electron chi connectivity index (χ1n) is 7.36. The van der Waals surface area contributed by atoms with Gasteiger partial charge in [0.05, 0.1) is 12.1 Å². The SMILES string of the molecule is C=CCc1cccc(Cl)c1OCC[NH+]1CC[NH+](C)CC1. The highest BCUT2D eigenvalue weighted by Gasteiger charge is 2.19. The van der Waals surface area contributed by atoms with Gasteiger partial charge in [-0.15, -0.1) is 6.58 Å². The number of piperazine rings is 1. The third-order valence-electron chi connectivity index (χ3n) is 3.93. The predicted octanol–water partition coefficient (Wildman–Crippen LogP) is -0.139. The summed E-state index contributed by atoms with van der Waals surface area (Å²) in [5.41, 5.74) is 1.12. The van der Waals surface area contributed by atoms with Crippen molar-refractivity contribution in [3.05, 3.63) is 41.4 Å². The minimum Gasteiger partial charge on any atom is -0.486 e. The van der Waals surface area contributed by atoms with Crippen LogP contribution in [-0.4, -0.2) is 46.4 Å². The molecule has 1 saturated heterocycles. The van der Waals surface area contributed by atoms with Crippen LogP contribution in [0.3, 0.4) is 0 Å². The second kappa shape index (κ2) is 7.67. The van der Waals surface area contributed by atoms with Crippen molar-refractivity contribution in [3.63, 3.8) is 0 Å². The Labute approximate surface area is 126 Å². The van der Waals surface area contributed by atoms with Crippen molar-refractivity contribution in [1.82, 2.24) is 0 Å². The molecule has 0 aromatic heterocycles. The summed E-state index contributed by atoms with van der Waals surface area (Å²) in [7, 11) is 2.26. The lowest BCUT2D eigenvalue weighted by Crippen LogP contribution is -3.27. The lowest BCUT2D eigenvalue weighted by atomic mass is 10.1. The monoisotopic (exact) mass is 296 g/mol. The molecule has 0 amide bonds. The molecule has 2 N–H and O–H groups in total. The fraction of sp³-hybridized carbons (Fsp3) is 0.500. The van der Waals surface area contributed by atoms with Gasteiger partial charge in [-0.25, -0.2) is 0 Å². The maximum atomic E-state index is 6.24. The van der Waals surface area contributed by atoms with E-state index in [2.05, 4.69) is 19.7 Å². The van der Waals surface area contributed by atoms with Crippen molar-refractivity contribution in [2.45, 2.75) is 6.42 Å². The van der Waals surface area contributed by atoms with Gasteiger partial charge < -0.3 is 14.5 Å². The first-order valence-corrected chi connectivity index (χ1v) is 7.74. The Hall–Kier alpha value is -1.03. The minimum absolute atomic E-state index is 0.696. The molecule has 4 heteroatoms. The minimum atomic E-state index is 0.696. The zero-order valence-electron chi connectivity index (χ0n) is 12.3. The molecule has 1 heterocycles. The standard InChI is InChI=1S/C16H23ClN2O/c1-3-5-14-6-4-7-15(17)16(14)20-13-12-19-10-8-18(2)9-11-19/h3-4,6-7H,1,5,8-13H2,2H3/p+2. The summed E-state index contributed by atoms with van der Waals surface area (Å²) in [4.78, 5) is 3.27. The van der Waals surface area contributed by atoms with Crippen LogP contribution in [0.1, 0.15) is 5.56 Å². The van der Waals surface area contributed by atoms with Crippen LogP contribution in [0.4, 0.5) is 0 Å². The number of nitrogens with one attached hydrogen (secondary N) is 2. The van der Waals surface area contributed by atoms with Crippen molar-refractivity contribution in [3.8, 4) is 5.75 Å². The molecule has 2 rings (SSSR count). The first-order chi connectivity index (χ1) is 9.70. The number of para-hydroxylation sites is 1. The largest absolute Gasteiger partial charge is 0.486 e. The zero-order chi connectivity index (χ0) is 14.4. The van der Waals surface area contributed by atoms with Crippen LogP contribution in [0.25, 0.3) is 0 Å². The van der Waals surface area contributed by atoms with Gasteiger partial charge in [0, 0.05) is 0 Å². The number of likely N-dealkylation sites (N-methyl/N-ethyl adjacent to an activating group) is 1. The van der Waals surface area contributed by atoms with E-state index in [1.165, 1.54) is 26.2 Å². The average molecular weight is 297 g/mol. The van der Waals surface area contributed by atoms with Crippen molar-refractivity contribution < 1.29 is 14.5 Å². The molecular weight excluding hydrogens is 272 g/mol. The maximum Gasteiger partial charge on any atom is 0.141 e. The van der Waals surface area contributed by atoms with Gasteiger partial charge in [-0.2, -0.15) is 0 Å². The van der Waals surface area contributed by atoms with Crippen molar-refractivity contribution in [2.75, 3.05) is 46.4 Å². The number of hydrogen-bond donors (Lipinski definition) is 2. The average Bonchev–Trinajstić information content (AvgIpc) is 2.44. The number of quaternary nitrogens is 2. The van der Waals surface area contributed by atoms with Gasteiger partial charge in [-0.1, -0.05) is 29.8 Å².